The highest BCUT2D eigenvalue weighted by atomic mass is 35.5. The topological polar surface area (TPSA) is 98.2 Å². The Morgan fingerprint density at radius 2 is 1.89 bits per heavy atom. The SMILES string of the molecule is CC.Cc1cc(N)nc(C)c1CNC(=O)c1nc(Cc2ccc3ncc(Cl)cc3c2)c2ccccn12. The highest BCUT2D eigenvalue weighted by Gasteiger charge is 2.18. The van der Waals surface area contributed by atoms with Gasteiger partial charge in [0.15, 0.2) is 0 Å². The Bertz CT molecular complexity index is 1540. The van der Waals surface area contributed by atoms with Crippen molar-refractivity contribution in [3.8, 4) is 0 Å². The summed E-state index contributed by atoms with van der Waals surface area (Å²) in [6.07, 6.45) is 4.07. The molecule has 1 aromatic carbocycles. The monoisotopic (exact) mass is 500 g/mol. The fraction of sp³-hybridized carbons (Fsp3) is 0.214. The molecule has 4 heterocycles. The number of anilines is 1. The average Bonchev–Trinajstić information content (AvgIpc) is 3.23. The minimum atomic E-state index is -0.252. The van der Waals surface area contributed by atoms with E-state index in [2.05, 4.69) is 21.4 Å². The van der Waals surface area contributed by atoms with E-state index in [0.717, 1.165) is 44.5 Å². The number of fused-ring (bicyclic) bond motifs is 2. The lowest BCUT2D eigenvalue weighted by Crippen LogP contribution is -2.26. The van der Waals surface area contributed by atoms with Gasteiger partial charge in [-0.25, -0.2) is 9.97 Å². The molecular formula is C28H29ClN6O. The van der Waals surface area contributed by atoms with Crippen LogP contribution in [0.2, 0.25) is 5.02 Å². The molecule has 8 heteroatoms. The molecule has 7 nitrogen and oxygen atoms in total. The molecule has 0 atom stereocenters. The molecule has 1 amide bonds. The van der Waals surface area contributed by atoms with Crippen molar-refractivity contribution in [2.45, 2.75) is 40.7 Å². The number of benzene rings is 1. The number of rotatable bonds is 5. The fourth-order valence-electron chi connectivity index (χ4n) is 4.25. The first-order chi connectivity index (χ1) is 17.4. The van der Waals surface area contributed by atoms with Gasteiger partial charge in [0.05, 0.1) is 21.7 Å². The first-order valence-electron chi connectivity index (χ1n) is 11.9. The molecule has 0 aliphatic heterocycles. The van der Waals surface area contributed by atoms with Gasteiger partial charge in [0.2, 0.25) is 5.82 Å². The van der Waals surface area contributed by atoms with Gasteiger partial charge in [0, 0.05) is 36.4 Å². The molecule has 0 unspecified atom stereocenters. The molecule has 0 aliphatic carbocycles. The van der Waals surface area contributed by atoms with Gasteiger partial charge in [-0.05, 0) is 66.9 Å². The van der Waals surface area contributed by atoms with Gasteiger partial charge >= 0.3 is 0 Å². The number of pyridine rings is 3. The second-order valence-electron chi connectivity index (χ2n) is 8.31. The quantitative estimate of drug-likeness (QED) is 0.323. The predicted octanol–water partition coefficient (Wildman–Crippen LogP) is 5.68. The van der Waals surface area contributed by atoms with Crippen LogP contribution >= 0.6 is 11.6 Å². The Hall–Kier alpha value is -3.97. The normalized spacial score (nSPS) is 10.8. The third kappa shape index (κ3) is 5.16. The molecule has 4 aromatic heterocycles. The van der Waals surface area contributed by atoms with Crippen molar-refractivity contribution in [2.75, 3.05) is 5.73 Å². The molecule has 0 aliphatic rings. The van der Waals surface area contributed by atoms with E-state index in [1.165, 1.54) is 0 Å². The van der Waals surface area contributed by atoms with E-state index in [4.69, 9.17) is 22.3 Å². The number of carbonyl (C=O) groups is 1. The maximum Gasteiger partial charge on any atom is 0.287 e. The molecule has 3 N–H and O–H groups in total. The number of hydrogen-bond acceptors (Lipinski definition) is 5. The molecule has 0 radical (unpaired) electrons. The third-order valence-corrected chi connectivity index (χ3v) is 6.12. The first kappa shape index (κ1) is 25.1. The van der Waals surface area contributed by atoms with Gasteiger partial charge in [0.1, 0.15) is 5.82 Å². The van der Waals surface area contributed by atoms with Crippen LogP contribution in [0, 0.1) is 13.8 Å². The van der Waals surface area contributed by atoms with E-state index in [1.807, 2.05) is 80.8 Å². The van der Waals surface area contributed by atoms with Crippen molar-refractivity contribution < 1.29 is 4.79 Å². The zero-order valence-corrected chi connectivity index (χ0v) is 21.6. The van der Waals surface area contributed by atoms with E-state index < -0.39 is 0 Å². The van der Waals surface area contributed by atoms with Crippen molar-refractivity contribution in [1.29, 1.82) is 0 Å². The summed E-state index contributed by atoms with van der Waals surface area (Å²) in [5, 5.41) is 4.55. The van der Waals surface area contributed by atoms with E-state index in [0.29, 0.717) is 29.6 Å². The number of nitrogen functional groups attached to an aromatic ring is 1. The van der Waals surface area contributed by atoms with Gasteiger partial charge in [0.25, 0.3) is 5.91 Å². The summed E-state index contributed by atoms with van der Waals surface area (Å²) in [6, 6.07) is 15.6. The maximum atomic E-state index is 13.1. The summed E-state index contributed by atoms with van der Waals surface area (Å²) in [5.41, 5.74) is 12.2. The van der Waals surface area contributed by atoms with Gasteiger partial charge in [-0.15, -0.1) is 0 Å². The Kier molecular flexibility index (Phi) is 7.50. The number of aromatic nitrogens is 4. The van der Waals surface area contributed by atoms with Crippen LogP contribution in [0.1, 0.15) is 52.5 Å². The molecule has 5 aromatic rings. The third-order valence-electron chi connectivity index (χ3n) is 5.91. The lowest BCUT2D eigenvalue weighted by Gasteiger charge is -2.11. The van der Waals surface area contributed by atoms with Crippen LogP contribution in [0.25, 0.3) is 16.4 Å². The van der Waals surface area contributed by atoms with Crippen LogP contribution in [0.3, 0.4) is 0 Å². The largest absolute Gasteiger partial charge is 0.384 e. The smallest absolute Gasteiger partial charge is 0.287 e. The fourth-order valence-corrected chi connectivity index (χ4v) is 4.42. The molecule has 0 fully saturated rings. The summed E-state index contributed by atoms with van der Waals surface area (Å²) >= 11 is 6.12. The Morgan fingerprint density at radius 3 is 2.67 bits per heavy atom. The van der Waals surface area contributed by atoms with Gasteiger partial charge in [-0.1, -0.05) is 37.6 Å². The highest BCUT2D eigenvalue weighted by molar-refractivity contribution is 6.31. The molecular weight excluding hydrogens is 472 g/mol. The summed E-state index contributed by atoms with van der Waals surface area (Å²) < 4.78 is 1.82. The molecule has 184 valence electrons. The first-order valence-corrected chi connectivity index (χ1v) is 12.3. The molecule has 36 heavy (non-hydrogen) atoms. The maximum absolute atomic E-state index is 13.1. The van der Waals surface area contributed by atoms with Crippen molar-refractivity contribution in [3.63, 3.8) is 0 Å². The molecule has 5 rings (SSSR count). The second-order valence-corrected chi connectivity index (χ2v) is 8.74. The summed E-state index contributed by atoms with van der Waals surface area (Å²) in [6.45, 7) is 8.20. The Labute approximate surface area is 215 Å². The number of carbonyl (C=O) groups excluding carboxylic acids is 1. The minimum Gasteiger partial charge on any atom is -0.384 e. The van der Waals surface area contributed by atoms with Crippen molar-refractivity contribution in [2.24, 2.45) is 0 Å². The number of hydrogen-bond donors (Lipinski definition) is 2. The Morgan fingerprint density at radius 1 is 1.08 bits per heavy atom. The molecule has 0 saturated heterocycles. The minimum absolute atomic E-state index is 0.252. The van der Waals surface area contributed by atoms with E-state index in [9.17, 15) is 4.79 Å². The number of nitrogens with zero attached hydrogens (tertiary/aromatic N) is 4. The number of imidazole rings is 1. The van der Waals surface area contributed by atoms with Crippen molar-refractivity contribution in [1.82, 2.24) is 24.7 Å². The zero-order valence-electron chi connectivity index (χ0n) is 20.8. The summed E-state index contributed by atoms with van der Waals surface area (Å²) in [5.74, 6) is 0.563. The van der Waals surface area contributed by atoms with Crippen LogP contribution in [-0.4, -0.2) is 25.3 Å². The number of halogens is 1. The van der Waals surface area contributed by atoms with Crippen LogP contribution in [0.4, 0.5) is 5.82 Å². The molecule has 0 spiro atoms. The highest BCUT2D eigenvalue weighted by Crippen LogP contribution is 2.22. The van der Waals surface area contributed by atoms with E-state index in [1.54, 1.807) is 6.20 Å². The standard InChI is InChI=1S/C26H23ClN6O.C2H6/c1-15-9-24(28)31-16(2)20(15)14-30-26(34)25-32-22(23-5-3-4-8-33(23)25)11-17-6-7-21-18(10-17)12-19(27)13-29-21;1-2/h3-10,12-13H,11,14H2,1-2H3,(H2,28,31)(H,30,34);1-2H3. The molecule has 0 saturated carbocycles. The molecule has 0 bridgehead atoms. The lowest BCUT2D eigenvalue weighted by atomic mass is 10.1. The summed E-state index contributed by atoms with van der Waals surface area (Å²) in [4.78, 5) is 26.5. The average molecular weight is 501 g/mol. The zero-order chi connectivity index (χ0) is 25.8. The van der Waals surface area contributed by atoms with Gasteiger partial charge < -0.3 is 11.1 Å². The summed E-state index contributed by atoms with van der Waals surface area (Å²) in [7, 11) is 0. The van der Waals surface area contributed by atoms with Crippen LogP contribution < -0.4 is 11.1 Å². The number of nitrogens with two attached hydrogens (primary N) is 1. The van der Waals surface area contributed by atoms with Gasteiger partial charge in [-0.3, -0.25) is 14.2 Å². The predicted molar refractivity (Wildman–Crippen MR) is 145 cm³/mol. The number of amides is 1. The van der Waals surface area contributed by atoms with Crippen LogP contribution in [-0.2, 0) is 13.0 Å². The number of aryl methyl sites for hydroxylation is 2. The van der Waals surface area contributed by atoms with Gasteiger partial charge in [-0.2, -0.15) is 0 Å². The van der Waals surface area contributed by atoms with Crippen LogP contribution in [0.15, 0.2) is 60.9 Å². The van der Waals surface area contributed by atoms with Crippen molar-refractivity contribution >= 4 is 39.7 Å². The number of nitrogens with one attached hydrogen (secondary N) is 1. The van der Waals surface area contributed by atoms with E-state index >= 15 is 0 Å². The Balaban J connectivity index is 0.00000148. The van der Waals surface area contributed by atoms with Crippen molar-refractivity contribution in [3.05, 3.63) is 99.8 Å². The lowest BCUT2D eigenvalue weighted by molar-refractivity contribution is 0.0939. The second kappa shape index (κ2) is 10.7. The van der Waals surface area contributed by atoms with E-state index in [-0.39, 0.29) is 5.91 Å². The van der Waals surface area contributed by atoms with Crippen LogP contribution in [0.5, 0.6) is 0 Å².